The van der Waals surface area contributed by atoms with Gasteiger partial charge in [-0.05, 0) is 48.0 Å². The maximum absolute atomic E-state index is 12.7. The third-order valence-electron chi connectivity index (χ3n) is 4.55. The van der Waals surface area contributed by atoms with Gasteiger partial charge in [-0.2, -0.15) is 5.10 Å². The number of para-hydroxylation sites is 1. The molecule has 2 aromatic carbocycles. The predicted octanol–water partition coefficient (Wildman–Crippen LogP) is 4.97. The SMILES string of the molecule is CN(Cc1ccc(-n2cccn2)cc1)C(=O)c1ccc(COc2ccccc2Cl)o1. The van der Waals surface area contributed by atoms with Gasteiger partial charge in [-0.25, -0.2) is 4.68 Å². The molecule has 4 rings (SSSR count). The first kappa shape index (κ1) is 19.8. The lowest BCUT2D eigenvalue weighted by Crippen LogP contribution is -2.25. The first-order chi connectivity index (χ1) is 14.6. The van der Waals surface area contributed by atoms with E-state index >= 15 is 0 Å². The van der Waals surface area contributed by atoms with Gasteiger partial charge in [-0.3, -0.25) is 4.79 Å². The summed E-state index contributed by atoms with van der Waals surface area (Å²) in [5.41, 5.74) is 1.97. The van der Waals surface area contributed by atoms with Crippen molar-refractivity contribution in [3.8, 4) is 11.4 Å². The quantitative estimate of drug-likeness (QED) is 0.422. The summed E-state index contributed by atoms with van der Waals surface area (Å²) in [6, 6.07) is 20.4. The van der Waals surface area contributed by atoms with E-state index in [0.29, 0.717) is 23.1 Å². The molecule has 30 heavy (non-hydrogen) atoms. The highest BCUT2D eigenvalue weighted by Crippen LogP contribution is 2.24. The van der Waals surface area contributed by atoms with E-state index in [1.807, 2.05) is 48.7 Å². The fourth-order valence-corrected chi connectivity index (χ4v) is 3.18. The zero-order valence-electron chi connectivity index (χ0n) is 16.4. The van der Waals surface area contributed by atoms with Gasteiger partial charge in [-0.1, -0.05) is 35.9 Å². The Morgan fingerprint density at radius 3 is 2.63 bits per heavy atom. The molecule has 7 heteroatoms. The number of rotatable bonds is 7. The largest absolute Gasteiger partial charge is 0.484 e. The number of hydrogen-bond donors (Lipinski definition) is 0. The maximum atomic E-state index is 12.7. The molecule has 2 aromatic heterocycles. The third kappa shape index (κ3) is 4.55. The second kappa shape index (κ2) is 8.88. The molecule has 0 spiro atoms. The van der Waals surface area contributed by atoms with E-state index in [2.05, 4.69) is 5.10 Å². The van der Waals surface area contributed by atoms with Crippen LogP contribution in [0.3, 0.4) is 0 Å². The van der Waals surface area contributed by atoms with Crippen LogP contribution in [0.4, 0.5) is 0 Å². The normalized spacial score (nSPS) is 10.7. The lowest BCUT2D eigenvalue weighted by Gasteiger charge is -2.16. The number of carbonyl (C=O) groups is 1. The van der Waals surface area contributed by atoms with Crippen molar-refractivity contribution in [2.45, 2.75) is 13.2 Å². The van der Waals surface area contributed by atoms with Crippen LogP contribution < -0.4 is 4.74 Å². The van der Waals surface area contributed by atoms with Crippen molar-refractivity contribution < 1.29 is 13.9 Å². The molecule has 0 atom stereocenters. The molecule has 0 saturated heterocycles. The van der Waals surface area contributed by atoms with Crippen LogP contribution in [0, 0.1) is 0 Å². The van der Waals surface area contributed by atoms with Gasteiger partial charge in [0.25, 0.3) is 5.91 Å². The van der Waals surface area contributed by atoms with Crippen molar-refractivity contribution in [1.29, 1.82) is 0 Å². The molecule has 4 aromatic rings. The Balaban J connectivity index is 1.35. The molecule has 6 nitrogen and oxygen atoms in total. The lowest BCUT2D eigenvalue weighted by atomic mass is 10.2. The first-order valence-electron chi connectivity index (χ1n) is 9.40. The number of ether oxygens (including phenoxy) is 1. The number of furan rings is 1. The highest BCUT2D eigenvalue weighted by Gasteiger charge is 2.17. The lowest BCUT2D eigenvalue weighted by molar-refractivity contribution is 0.0749. The van der Waals surface area contributed by atoms with Crippen molar-refractivity contribution in [3.63, 3.8) is 0 Å². The van der Waals surface area contributed by atoms with Crippen molar-refractivity contribution in [3.05, 3.63) is 101 Å². The fraction of sp³-hybridized carbons (Fsp3) is 0.130. The highest BCUT2D eigenvalue weighted by atomic mass is 35.5. The van der Waals surface area contributed by atoms with E-state index in [1.54, 1.807) is 47.1 Å². The highest BCUT2D eigenvalue weighted by molar-refractivity contribution is 6.32. The minimum Gasteiger partial charge on any atom is -0.484 e. The van der Waals surface area contributed by atoms with Crippen molar-refractivity contribution in [2.75, 3.05) is 7.05 Å². The fourth-order valence-electron chi connectivity index (χ4n) is 2.99. The Morgan fingerprint density at radius 1 is 1.10 bits per heavy atom. The van der Waals surface area contributed by atoms with E-state index in [-0.39, 0.29) is 18.3 Å². The van der Waals surface area contributed by atoms with Crippen LogP contribution >= 0.6 is 11.6 Å². The monoisotopic (exact) mass is 421 g/mol. The van der Waals surface area contributed by atoms with Crippen LogP contribution in [-0.2, 0) is 13.2 Å². The van der Waals surface area contributed by atoms with Crippen molar-refractivity contribution >= 4 is 17.5 Å². The van der Waals surface area contributed by atoms with Gasteiger partial charge >= 0.3 is 0 Å². The molecule has 0 aliphatic heterocycles. The average molecular weight is 422 g/mol. The Hall–Kier alpha value is -3.51. The summed E-state index contributed by atoms with van der Waals surface area (Å²) < 4.78 is 13.1. The molecule has 0 aliphatic carbocycles. The minimum atomic E-state index is -0.199. The summed E-state index contributed by atoms with van der Waals surface area (Å²) in [5.74, 6) is 1.19. The van der Waals surface area contributed by atoms with E-state index in [9.17, 15) is 4.79 Å². The van der Waals surface area contributed by atoms with Crippen LogP contribution in [-0.4, -0.2) is 27.6 Å². The van der Waals surface area contributed by atoms with E-state index in [4.69, 9.17) is 20.8 Å². The first-order valence-corrected chi connectivity index (χ1v) is 9.78. The molecule has 152 valence electrons. The Morgan fingerprint density at radius 2 is 1.90 bits per heavy atom. The van der Waals surface area contributed by atoms with E-state index < -0.39 is 0 Å². The smallest absolute Gasteiger partial charge is 0.289 e. The molecular formula is C23H20ClN3O3. The Bertz CT molecular complexity index is 1120. The number of benzene rings is 2. The molecule has 0 unspecified atom stereocenters. The van der Waals surface area contributed by atoms with Crippen LogP contribution in [0.15, 0.2) is 83.5 Å². The van der Waals surface area contributed by atoms with Crippen LogP contribution in [0.5, 0.6) is 5.75 Å². The summed E-state index contributed by atoms with van der Waals surface area (Å²) in [6.07, 6.45) is 3.62. The summed E-state index contributed by atoms with van der Waals surface area (Å²) >= 11 is 6.08. The van der Waals surface area contributed by atoms with Crippen LogP contribution in [0.25, 0.3) is 5.69 Å². The number of aromatic nitrogens is 2. The number of amides is 1. The third-order valence-corrected chi connectivity index (χ3v) is 4.86. The van der Waals surface area contributed by atoms with Gasteiger partial charge < -0.3 is 14.1 Å². The van der Waals surface area contributed by atoms with Gasteiger partial charge in [0.05, 0.1) is 10.7 Å². The molecule has 2 heterocycles. The summed E-state index contributed by atoms with van der Waals surface area (Å²) in [5, 5.41) is 4.74. The number of nitrogens with zero attached hydrogens (tertiary/aromatic N) is 3. The Labute approximate surface area is 179 Å². The van der Waals surface area contributed by atoms with Crippen molar-refractivity contribution in [1.82, 2.24) is 14.7 Å². The number of hydrogen-bond acceptors (Lipinski definition) is 4. The molecule has 0 N–H and O–H groups in total. The number of halogens is 1. The maximum Gasteiger partial charge on any atom is 0.289 e. The van der Waals surface area contributed by atoms with Gasteiger partial charge in [0.15, 0.2) is 5.76 Å². The second-order valence-corrected chi connectivity index (χ2v) is 7.17. The molecule has 0 aliphatic rings. The summed E-state index contributed by atoms with van der Waals surface area (Å²) in [7, 11) is 1.74. The average Bonchev–Trinajstić information content (AvgIpc) is 3.46. The second-order valence-electron chi connectivity index (χ2n) is 6.76. The van der Waals surface area contributed by atoms with Gasteiger partial charge in [-0.15, -0.1) is 0 Å². The van der Waals surface area contributed by atoms with Crippen molar-refractivity contribution in [2.24, 2.45) is 0 Å². The molecule has 0 bridgehead atoms. The topological polar surface area (TPSA) is 60.5 Å². The minimum absolute atomic E-state index is 0.190. The standard InChI is InChI=1S/C23H20ClN3O3/c1-26(15-17-7-9-18(10-8-17)27-14-4-13-25-27)23(28)22-12-11-19(30-22)16-29-21-6-3-2-5-20(21)24/h2-14H,15-16H2,1H3. The summed E-state index contributed by atoms with van der Waals surface area (Å²) in [6.45, 7) is 0.653. The van der Waals surface area contributed by atoms with E-state index in [0.717, 1.165) is 11.3 Å². The molecule has 1 amide bonds. The van der Waals surface area contributed by atoms with Gasteiger partial charge in [0.1, 0.15) is 18.1 Å². The van der Waals surface area contributed by atoms with Gasteiger partial charge in [0.2, 0.25) is 0 Å². The zero-order chi connectivity index (χ0) is 20.9. The van der Waals surface area contributed by atoms with Crippen LogP contribution in [0.1, 0.15) is 21.9 Å². The molecule has 0 radical (unpaired) electrons. The molecular weight excluding hydrogens is 402 g/mol. The number of carbonyl (C=O) groups excluding carboxylic acids is 1. The van der Waals surface area contributed by atoms with Gasteiger partial charge in [0, 0.05) is 26.0 Å². The van der Waals surface area contributed by atoms with Crippen LogP contribution in [0.2, 0.25) is 5.02 Å². The van der Waals surface area contributed by atoms with E-state index in [1.165, 1.54) is 0 Å². The molecule has 0 fully saturated rings. The summed E-state index contributed by atoms with van der Waals surface area (Å²) in [4.78, 5) is 14.3. The predicted molar refractivity (Wildman–Crippen MR) is 114 cm³/mol. The zero-order valence-corrected chi connectivity index (χ0v) is 17.1. The molecule has 0 saturated carbocycles. The Kier molecular flexibility index (Phi) is 5.86.